The number of carbonyl (C=O) groups excluding carboxylic acids is 1. The fourth-order valence-corrected chi connectivity index (χ4v) is 2.69. The maximum atomic E-state index is 11.5. The topological polar surface area (TPSA) is 71.5 Å². The molecule has 2 rings (SSSR count). The Morgan fingerprint density at radius 1 is 1.45 bits per heavy atom. The van der Waals surface area contributed by atoms with Gasteiger partial charge in [0.05, 0.1) is 12.2 Å². The molecule has 2 atom stereocenters. The summed E-state index contributed by atoms with van der Waals surface area (Å²) in [7, 11) is 0. The number of aliphatic hydroxyl groups is 1. The Balaban J connectivity index is 1.86. The molecule has 0 radical (unpaired) electrons. The Kier molecular flexibility index (Phi) is 5.35. The van der Waals surface area contributed by atoms with E-state index in [-0.39, 0.29) is 12.6 Å². The number of pyridine rings is 1. The molecule has 0 saturated heterocycles. The van der Waals surface area contributed by atoms with Gasteiger partial charge in [-0.15, -0.1) is 0 Å². The minimum absolute atomic E-state index is 0.265. The van der Waals surface area contributed by atoms with Crippen LogP contribution in [0.25, 0.3) is 0 Å². The van der Waals surface area contributed by atoms with Crippen molar-refractivity contribution >= 4 is 11.8 Å². The number of rotatable bonds is 6. The Morgan fingerprint density at radius 3 is 2.90 bits per heavy atom. The van der Waals surface area contributed by atoms with Gasteiger partial charge in [-0.05, 0) is 43.7 Å². The second-order valence-corrected chi connectivity index (χ2v) is 5.17. The predicted octanol–water partition coefficient (Wildman–Crippen LogP) is 2.08. The number of nitrogens with one attached hydrogen (secondary N) is 1. The first kappa shape index (κ1) is 14.8. The van der Waals surface area contributed by atoms with E-state index >= 15 is 0 Å². The first-order valence-corrected chi connectivity index (χ1v) is 7.22. The van der Waals surface area contributed by atoms with Crippen molar-refractivity contribution < 1.29 is 14.6 Å². The van der Waals surface area contributed by atoms with Crippen LogP contribution in [0.1, 0.15) is 36.5 Å². The van der Waals surface area contributed by atoms with Gasteiger partial charge in [0.15, 0.2) is 0 Å². The normalized spacial score (nSPS) is 21.7. The average molecular weight is 278 g/mol. The summed E-state index contributed by atoms with van der Waals surface area (Å²) in [6.45, 7) is 3.22. The monoisotopic (exact) mass is 278 g/mol. The van der Waals surface area contributed by atoms with E-state index in [1.54, 1.807) is 19.1 Å². The van der Waals surface area contributed by atoms with E-state index in [9.17, 15) is 9.90 Å². The lowest BCUT2D eigenvalue weighted by Crippen LogP contribution is -2.21. The summed E-state index contributed by atoms with van der Waals surface area (Å²) in [5.74, 6) is 1.32. The SMILES string of the molecule is CCOC(=O)c1ccc(NCC2CCCC2CO)nc1. The van der Waals surface area contributed by atoms with Crippen molar-refractivity contribution in [2.75, 3.05) is 25.1 Å². The van der Waals surface area contributed by atoms with Crippen molar-refractivity contribution in [3.8, 4) is 0 Å². The third-order valence-electron chi connectivity index (χ3n) is 3.87. The molecule has 0 spiro atoms. The van der Waals surface area contributed by atoms with E-state index in [4.69, 9.17) is 4.74 Å². The number of hydrogen-bond acceptors (Lipinski definition) is 5. The van der Waals surface area contributed by atoms with Crippen LogP contribution in [0.3, 0.4) is 0 Å². The second-order valence-electron chi connectivity index (χ2n) is 5.17. The van der Waals surface area contributed by atoms with Gasteiger partial charge in [0, 0.05) is 19.3 Å². The van der Waals surface area contributed by atoms with Crippen molar-refractivity contribution in [1.82, 2.24) is 4.98 Å². The molecule has 1 fully saturated rings. The molecule has 1 aliphatic rings. The third kappa shape index (κ3) is 3.70. The van der Waals surface area contributed by atoms with Crippen molar-refractivity contribution in [2.45, 2.75) is 26.2 Å². The lowest BCUT2D eigenvalue weighted by atomic mass is 9.97. The highest BCUT2D eigenvalue weighted by Crippen LogP contribution is 2.31. The van der Waals surface area contributed by atoms with E-state index < -0.39 is 0 Å². The molecule has 1 saturated carbocycles. The van der Waals surface area contributed by atoms with Crippen molar-refractivity contribution in [1.29, 1.82) is 0 Å². The van der Waals surface area contributed by atoms with E-state index in [2.05, 4.69) is 10.3 Å². The Bertz CT molecular complexity index is 433. The zero-order valence-corrected chi connectivity index (χ0v) is 11.8. The maximum Gasteiger partial charge on any atom is 0.339 e. The fourth-order valence-electron chi connectivity index (χ4n) is 2.69. The molecule has 2 unspecified atom stereocenters. The molecular weight excluding hydrogens is 256 g/mol. The summed E-state index contributed by atoms with van der Waals surface area (Å²) < 4.78 is 4.91. The highest BCUT2D eigenvalue weighted by Gasteiger charge is 2.26. The Labute approximate surface area is 119 Å². The number of esters is 1. The van der Waals surface area contributed by atoms with Crippen LogP contribution in [-0.2, 0) is 4.74 Å². The molecule has 0 aliphatic heterocycles. The molecule has 2 N–H and O–H groups in total. The van der Waals surface area contributed by atoms with E-state index in [0.717, 1.165) is 25.2 Å². The van der Waals surface area contributed by atoms with Crippen LogP contribution in [0.5, 0.6) is 0 Å². The zero-order chi connectivity index (χ0) is 14.4. The van der Waals surface area contributed by atoms with Crippen molar-refractivity contribution in [2.24, 2.45) is 11.8 Å². The first-order chi connectivity index (χ1) is 9.74. The molecule has 0 amide bonds. The summed E-state index contributed by atoms with van der Waals surface area (Å²) in [6, 6.07) is 3.50. The lowest BCUT2D eigenvalue weighted by Gasteiger charge is -2.18. The summed E-state index contributed by atoms with van der Waals surface area (Å²) in [5, 5.41) is 12.6. The summed E-state index contributed by atoms with van der Waals surface area (Å²) in [5.41, 5.74) is 0.464. The number of carbonyl (C=O) groups is 1. The van der Waals surface area contributed by atoms with Crippen LogP contribution in [0.4, 0.5) is 5.82 Å². The van der Waals surface area contributed by atoms with Gasteiger partial charge in [-0.2, -0.15) is 0 Å². The summed E-state index contributed by atoms with van der Waals surface area (Å²) in [4.78, 5) is 15.7. The molecule has 1 aromatic rings. The molecule has 0 bridgehead atoms. The smallest absolute Gasteiger partial charge is 0.339 e. The van der Waals surface area contributed by atoms with Crippen LogP contribution in [0.2, 0.25) is 0 Å². The van der Waals surface area contributed by atoms with Crippen LogP contribution in [-0.4, -0.2) is 35.8 Å². The number of anilines is 1. The molecule has 110 valence electrons. The third-order valence-corrected chi connectivity index (χ3v) is 3.87. The number of hydrogen-bond donors (Lipinski definition) is 2. The van der Waals surface area contributed by atoms with Gasteiger partial charge >= 0.3 is 5.97 Å². The van der Waals surface area contributed by atoms with Gasteiger partial charge in [0.2, 0.25) is 0 Å². The van der Waals surface area contributed by atoms with E-state index in [0.29, 0.717) is 24.0 Å². The number of ether oxygens (including phenoxy) is 1. The standard InChI is InChI=1S/C15H22N2O3/c1-2-20-15(19)12-6-7-14(17-9-12)16-8-11-4-3-5-13(11)10-18/h6-7,9,11,13,18H,2-5,8,10H2,1H3,(H,16,17). The summed E-state index contributed by atoms with van der Waals surface area (Å²) >= 11 is 0. The molecule has 0 aromatic carbocycles. The number of nitrogens with zero attached hydrogens (tertiary/aromatic N) is 1. The molecule has 20 heavy (non-hydrogen) atoms. The van der Waals surface area contributed by atoms with E-state index in [1.165, 1.54) is 12.6 Å². The molecule has 1 aromatic heterocycles. The van der Waals surface area contributed by atoms with Crippen LogP contribution in [0, 0.1) is 11.8 Å². The van der Waals surface area contributed by atoms with Gasteiger partial charge < -0.3 is 15.2 Å². The van der Waals surface area contributed by atoms with Gasteiger partial charge in [0.25, 0.3) is 0 Å². The van der Waals surface area contributed by atoms with Crippen molar-refractivity contribution in [3.05, 3.63) is 23.9 Å². The lowest BCUT2D eigenvalue weighted by molar-refractivity contribution is 0.0526. The Hall–Kier alpha value is -1.62. The maximum absolute atomic E-state index is 11.5. The minimum Gasteiger partial charge on any atom is -0.462 e. The fraction of sp³-hybridized carbons (Fsp3) is 0.600. The quantitative estimate of drug-likeness (QED) is 0.780. The molecule has 1 aliphatic carbocycles. The van der Waals surface area contributed by atoms with E-state index in [1.807, 2.05) is 0 Å². The molecular formula is C15H22N2O3. The van der Waals surface area contributed by atoms with Crippen LogP contribution >= 0.6 is 0 Å². The minimum atomic E-state index is -0.345. The highest BCUT2D eigenvalue weighted by molar-refractivity contribution is 5.89. The largest absolute Gasteiger partial charge is 0.462 e. The molecule has 5 heteroatoms. The molecule has 5 nitrogen and oxygen atoms in total. The first-order valence-electron chi connectivity index (χ1n) is 7.22. The predicted molar refractivity (Wildman–Crippen MR) is 76.6 cm³/mol. The van der Waals surface area contributed by atoms with Crippen LogP contribution in [0.15, 0.2) is 18.3 Å². The average Bonchev–Trinajstić information content (AvgIpc) is 2.93. The zero-order valence-electron chi connectivity index (χ0n) is 11.8. The van der Waals surface area contributed by atoms with Gasteiger partial charge in [-0.3, -0.25) is 0 Å². The highest BCUT2D eigenvalue weighted by atomic mass is 16.5. The number of aliphatic hydroxyl groups excluding tert-OH is 1. The van der Waals surface area contributed by atoms with Crippen molar-refractivity contribution in [3.63, 3.8) is 0 Å². The van der Waals surface area contributed by atoms with Gasteiger partial charge in [0.1, 0.15) is 5.82 Å². The van der Waals surface area contributed by atoms with Gasteiger partial charge in [-0.25, -0.2) is 9.78 Å². The molecule has 1 heterocycles. The van der Waals surface area contributed by atoms with Gasteiger partial charge in [-0.1, -0.05) is 6.42 Å². The van der Waals surface area contributed by atoms with Crippen LogP contribution < -0.4 is 5.32 Å². The Morgan fingerprint density at radius 2 is 2.25 bits per heavy atom. The second kappa shape index (κ2) is 7.24. The number of aromatic nitrogens is 1. The summed E-state index contributed by atoms with van der Waals surface area (Å²) in [6.07, 6.45) is 4.97.